The fourth-order valence-corrected chi connectivity index (χ4v) is 4.10. The molecule has 1 aliphatic heterocycles. The quantitative estimate of drug-likeness (QED) is 0.559. The number of aromatic nitrogens is 2. The Morgan fingerprint density at radius 3 is 2.79 bits per heavy atom. The molecule has 0 radical (unpaired) electrons. The van der Waals surface area contributed by atoms with Crippen molar-refractivity contribution in [1.82, 2.24) is 14.9 Å². The summed E-state index contributed by atoms with van der Waals surface area (Å²) in [5.41, 5.74) is 3.20. The summed E-state index contributed by atoms with van der Waals surface area (Å²) in [4.78, 5) is 26.6. The Morgan fingerprint density at radius 2 is 2.07 bits per heavy atom. The second-order valence-corrected chi connectivity index (χ2v) is 7.70. The van der Waals surface area contributed by atoms with Crippen molar-refractivity contribution in [2.24, 2.45) is 10.2 Å². The average Bonchev–Trinajstić information content (AvgIpc) is 3.13. The Hall–Kier alpha value is -2.84. The topological polar surface area (TPSA) is 70.8 Å². The molecule has 142 valence electrons. The number of aliphatic imine (C=N–C) groups is 1. The Kier molecular flexibility index (Phi) is 5.06. The minimum atomic E-state index is -0.335. The van der Waals surface area contributed by atoms with Gasteiger partial charge in [0.05, 0.1) is 5.52 Å². The molecule has 0 atom stereocenters. The van der Waals surface area contributed by atoms with Gasteiger partial charge < -0.3 is 4.90 Å². The van der Waals surface area contributed by atoms with Crippen molar-refractivity contribution in [3.8, 4) is 11.1 Å². The smallest absolute Gasteiger partial charge is 0.218 e. The number of hydrogen-bond donors (Lipinski definition) is 0. The summed E-state index contributed by atoms with van der Waals surface area (Å²) in [5.74, 6) is 0.0585. The molecular formula is C20H18FN5OS. The van der Waals surface area contributed by atoms with E-state index in [0.29, 0.717) is 39.4 Å². The van der Waals surface area contributed by atoms with Crippen LogP contribution < -0.4 is 0 Å². The number of fused-ring (bicyclic) bond motifs is 1. The molecule has 0 N–H and O–H groups in total. The van der Waals surface area contributed by atoms with Crippen LogP contribution in [0.5, 0.6) is 0 Å². The summed E-state index contributed by atoms with van der Waals surface area (Å²) in [7, 11) is 3.92. The van der Waals surface area contributed by atoms with E-state index in [0.717, 1.165) is 18.4 Å². The van der Waals surface area contributed by atoms with E-state index in [4.69, 9.17) is 0 Å². The summed E-state index contributed by atoms with van der Waals surface area (Å²) in [6.07, 6.45) is 5.43. The summed E-state index contributed by atoms with van der Waals surface area (Å²) < 4.78 is 15.2. The maximum atomic E-state index is 14.7. The van der Waals surface area contributed by atoms with Crippen LogP contribution in [0, 0.1) is 10.7 Å². The third-order valence-electron chi connectivity index (χ3n) is 4.40. The van der Waals surface area contributed by atoms with Crippen LogP contribution in [-0.4, -0.2) is 35.2 Å². The Balaban J connectivity index is 1.90. The zero-order chi connectivity index (χ0) is 19.7. The van der Waals surface area contributed by atoms with Crippen molar-refractivity contribution in [1.29, 1.82) is 0 Å². The van der Waals surface area contributed by atoms with E-state index in [-0.39, 0.29) is 11.6 Å². The Morgan fingerprint density at radius 1 is 1.21 bits per heavy atom. The van der Waals surface area contributed by atoms with Crippen molar-refractivity contribution < 1.29 is 4.39 Å². The number of nitrogens with zero attached hydrogens (tertiary/aromatic N) is 5. The molecule has 0 saturated heterocycles. The third kappa shape index (κ3) is 3.48. The largest absolute Gasteiger partial charge is 0.305 e. The minimum absolute atomic E-state index is 0.0581. The molecule has 0 saturated carbocycles. The standard InChI is InChI=1S/C20H18FN5OS/c1-26(2)10-12-6-7-15(21)13(9-12)14-11-28-18-17(14)23-19(24-20(18)25-27)16-5-3-4-8-22-16/h5-9,11H,3-4,10H2,1-2H3. The monoisotopic (exact) mass is 395 g/mol. The van der Waals surface area contributed by atoms with Crippen LogP contribution in [0.1, 0.15) is 24.2 Å². The molecule has 6 nitrogen and oxygen atoms in total. The van der Waals surface area contributed by atoms with Gasteiger partial charge in [-0.2, -0.15) is 0 Å². The molecule has 2 aromatic heterocycles. The highest BCUT2D eigenvalue weighted by Gasteiger charge is 2.19. The van der Waals surface area contributed by atoms with Crippen LogP contribution in [-0.2, 0) is 6.54 Å². The maximum absolute atomic E-state index is 14.7. The average molecular weight is 395 g/mol. The zero-order valence-electron chi connectivity index (χ0n) is 15.5. The molecule has 1 aliphatic rings. The number of halogens is 1. The SMILES string of the molecule is CN(C)Cc1ccc(F)c(-c2csc3c(N=O)nc(C4=CCCC=N4)nc23)c1. The summed E-state index contributed by atoms with van der Waals surface area (Å²) in [5, 5.41) is 4.87. The highest BCUT2D eigenvalue weighted by molar-refractivity contribution is 7.18. The lowest BCUT2D eigenvalue weighted by atomic mass is 10.0. The highest BCUT2D eigenvalue weighted by atomic mass is 32.1. The lowest BCUT2D eigenvalue weighted by Crippen LogP contribution is -2.10. The van der Waals surface area contributed by atoms with E-state index < -0.39 is 0 Å². The molecule has 0 aliphatic carbocycles. The fourth-order valence-electron chi connectivity index (χ4n) is 3.17. The third-order valence-corrected chi connectivity index (χ3v) is 5.36. The van der Waals surface area contributed by atoms with E-state index in [1.54, 1.807) is 17.7 Å². The number of hydrogen-bond acceptors (Lipinski definition) is 7. The van der Waals surface area contributed by atoms with Gasteiger partial charge >= 0.3 is 0 Å². The van der Waals surface area contributed by atoms with Gasteiger partial charge in [-0.25, -0.2) is 14.4 Å². The highest BCUT2D eigenvalue weighted by Crippen LogP contribution is 2.39. The number of rotatable bonds is 5. The van der Waals surface area contributed by atoms with Crippen LogP contribution in [0.3, 0.4) is 0 Å². The van der Waals surface area contributed by atoms with Gasteiger partial charge in [0.15, 0.2) is 5.82 Å². The lowest BCUT2D eigenvalue weighted by molar-refractivity contribution is 0.402. The first-order valence-electron chi connectivity index (χ1n) is 8.86. The number of allylic oxidation sites excluding steroid dienone is 1. The van der Waals surface area contributed by atoms with Crippen molar-refractivity contribution in [2.45, 2.75) is 19.4 Å². The molecule has 1 aromatic carbocycles. The normalized spacial score (nSPS) is 13.9. The van der Waals surface area contributed by atoms with Gasteiger partial charge in [0.2, 0.25) is 5.82 Å². The van der Waals surface area contributed by atoms with Crippen LogP contribution >= 0.6 is 11.3 Å². The van der Waals surface area contributed by atoms with Crippen molar-refractivity contribution in [3.05, 3.63) is 51.8 Å². The first-order chi connectivity index (χ1) is 13.6. The zero-order valence-corrected chi connectivity index (χ0v) is 16.3. The summed E-state index contributed by atoms with van der Waals surface area (Å²) in [6.45, 7) is 0.693. The Bertz CT molecular complexity index is 1120. The van der Waals surface area contributed by atoms with Gasteiger partial charge in [-0.05, 0) is 49.8 Å². The summed E-state index contributed by atoms with van der Waals surface area (Å²) in [6, 6.07) is 5.06. The molecule has 0 bridgehead atoms. The predicted molar refractivity (Wildman–Crippen MR) is 111 cm³/mol. The molecule has 8 heteroatoms. The predicted octanol–water partition coefficient (Wildman–Crippen LogP) is 5.16. The molecule has 28 heavy (non-hydrogen) atoms. The van der Waals surface area contributed by atoms with Crippen molar-refractivity contribution >= 4 is 39.3 Å². The number of benzene rings is 1. The fraction of sp³-hybridized carbons (Fsp3) is 0.250. The van der Waals surface area contributed by atoms with Crippen LogP contribution in [0.4, 0.5) is 10.2 Å². The van der Waals surface area contributed by atoms with E-state index in [2.05, 4.69) is 20.1 Å². The summed E-state index contributed by atoms with van der Waals surface area (Å²) >= 11 is 1.29. The van der Waals surface area contributed by atoms with E-state index in [9.17, 15) is 9.30 Å². The van der Waals surface area contributed by atoms with E-state index in [1.165, 1.54) is 17.4 Å². The molecule has 4 rings (SSSR count). The second kappa shape index (κ2) is 7.65. The van der Waals surface area contributed by atoms with Crippen LogP contribution in [0.2, 0.25) is 0 Å². The lowest BCUT2D eigenvalue weighted by Gasteiger charge is -2.11. The van der Waals surface area contributed by atoms with Gasteiger partial charge in [-0.3, -0.25) is 4.99 Å². The van der Waals surface area contributed by atoms with Gasteiger partial charge in [0.1, 0.15) is 16.2 Å². The number of nitroso groups, excluding NO2 is 1. The molecule has 3 aromatic rings. The van der Waals surface area contributed by atoms with Crippen molar-refractivity contribution in [3.63, 3.8) is 0 Å². The first-order valence-corrected chi connectivity index (χ1v) is 9.74. The van der Waals surface area contributed by atoms with Crippen LogP contribution in [0.15, 0.2) is 39.8 Å². The molecule has 0 unspecified atom stereocenters. The van der Waals surface area contributed by atoms with Crippen molar-refractivity contribution in [2.75, 3.05) is 14.1 Å². The molecular weight excluding hydrogens is 377 g/mol. The van der Waals surface area contributed by atoms with E-state index in [1.807, 2.05) is 31.1 Å². The number of thiophene rings is 1. The second-order valence-electron chi connectivity index (χ2n) is 6.82. The van der Waals surface area contributed by atoms with Gasteiger partial charge in [0, 0.05) is 29.3 Å². The first kappa shape index (κ1) is 18.5. The van der Waals surface area contributed by atoms with E-state index >= 15 is 0 Å². The molecule has 0 spiro atoms. The molecule has 0 fully saturated rings. The Labute approximate surface area is 165 Å². The van der Waals surface area contributed by atoms with Gasteiger partial charge in [-0.15, -0.1) is 16.2 Å². The maximum Gasteiger partial charge on any atom is 0.218 e. The van der Waals surface area contributed by atoms with Crippen LogP contribution in [0.25, 0.3) is 27.0 Å². The molecule has 3 heterocycles. The van der Waals surface area contributed by atoms with Gasteiger partial charge in [0.25, 0.3) is 0 Å². The molecule has 0 amide bonds. The minimum Gasteiger partial charge on any atom is -0.305 e. The van der Waals surface area contributed by atoms with Gasteiger partial charge in [-0.1, -0.05) is 12.1 Å².